The Morgan fingerprint density at radius 1 is 1.06 bits per heavy atom. The van der Waals surface area contributed by atoms with Gasteiger partial charge < -0.3 is 15.0 Å². The van der Waals surface area contributed by atoms with Crippen LogP contribution in [0.5, 0.6) is 0 Å². The number of carbonyl (C=O) groups excluding carboxylic acids is 2. The Hall–Kier alpha value is -3.81. The highest BCUT2D eigenvalue weighted by Crippen LogP contribution is 2.23. The Bertz CT molecular complexity index is 1210. The number of aliphatic carboxylic acids is 1. The van der Waals surface area contributed by atoms with E-state index < -0.39 is 48.4 Å². The fourth-order valence-electron chi connectivity index (χ4n) is 3.60. The molecule has 0 aliphatic heterocycles. The van der Waals surface area contributed by atoms with E-state index in [-0.39, 0.29) is 6.42 Å². The first-order valence-electron chi connectivity index (χ1n) is 10.2. The van der Waals surface area contributed by atoms with Crippen molar-refractivity contribution < 1.29 is 23.9 Å². The number of pyridine rings is 1. The number of carbonyl (C=O) groups is 3. The highest BCUT2D eigenvalue weighted by molar-refractivity contribution is 5.93. The lowest BCUT2D eigenvalue weighted by Crippen LogP contribution is -2.47. The molecule has 1 heterocycles. The predicted molar refractivity (Wildman–Crippen MR) is 118 cm³/mol. The van der Waals surface area contributed by atoms with Crippen LogP contribution in [-0.4, -0.2) is 40.0 Å². The van der Waals surface area contributed by atoms with Crippen LogP contribution in [-0.2, 0) is 14.4 Å². The van der Waals surface area contributed by atoms with E-state index in [1.807, 2.05) is 42.5 Å². The summed E-state index contributed by atoms with van der Waals surface area (Å²) < 4.78 is 14.1. The highest BCUT2D eigenvalue weighted by Gasteiger charge is 2.28. The van der Waals surface area contributed by atoms with Gasteiger partial charge in [0.1, 0.15) is 18.8 Å². The van der Waals surface area contributed by atoms with Gasteiger partial charge in [-0.2, -0.15) is 0 Å². The van der Waals surface area contributed by atoms with Crippen LogP contribution < -0.4 is 10.9 Å². The third-order valence-corrected chi connectivity index (χ3v) is 5.28. The predicted octanol–water partition coefficient (Wildman–Crippen LogP) is 3.12. The summed E-state index contributed by atoms with van der Waals surface area (Å²) in [4.78, 5) is 48.8. The topological polar surface area (TPSA) is 105 Å². The zero-order valence-corrected chi connectivity index (χ0v) is 17.5. The summed E-state index contributed by atoms with van der Waals surface area (Å²) >= 11 is 0. The van der Waals surface area contributed by atoms with Crippen molar-refractivity contribution in [3.05, 3.63) is 71.1 Å². The Morgan fingerprint density at radius 2 is 1.78 bits per heavy atom. The summed E-state index contributed by atoms with van der Waals surface area (Å²) in [7, 11) is 0. The van der Waals surface area contributed by atoms with Gasteiger partial charge in [-0.25, -0.2) is 4.39 Å². The van der Waals surface area contributed by atoms with Crippen molar-refractivity contribution in [3.8, 4) is 11.1 Å². The first-order chi connectivity index (χ1) is 15.3. The van der Waals surface area contributed by atoms with E-state index >= 15 is 0 Å². The molecule has 0 fully saturated rings. The molecule has 2 unspecified atom stereocenters. The first-order valence-corrected chi connectivity index (χ1v) is 10.2. The molecular weight excluding hydrogens is 415 g/mol. The maximum absolute atomic E-state index is 13.2. The first kappa shape index (κ1) is 22.9. The minimum absolute atomic E-state index is 0.208. The summed E-state index contributed by atoms with van der Waals surface area (Å²) in [5.74, 6) is -3.10. The number of fused-ring (bicyclic) bond motifs is 1. The van der Waals surface area contributed by atoms with Gasteiger partial charge in [-0.05, 0) is 35.1 Å². The van der Waals surface area contributed by atoms with Crippen LogP contribution in [0.4, 0.5) is 4.39 Å². The summed E-state index contributed by atoms with van der Waals surface area (Å²) in [6.07, 6.45) is 0.959. The number of carboxylic acids is 1. The molecule has 3 rings (SSSR count). The fraction of sp³-hybridized carbons (Fsp3) is 0.250. The van der Waals surface area contributed by atoms with Crippen molar-refractivity contribution >= 4 is 28.4 Å². The minimum atomic E-state index is -1.50. The molecule has 166 valence electrons. The lowest BCUT2D eigenvalue weighted by atomic mass is 10.0. The van der Waals surface area contributed by atoms with Gasteiger partial charge in [-0.15, -0.1) is 0 Å². The molecule has 0 saturated carbocycles. The molecule has 3 aromatic rings. The largest absolute Gasteiger partial charge is 0.481 e. The van der Waals surface area contributed by atoms with Gasteiger partial charge in [-0.1, -0.05) is 49.4 Å². The van der Waals surface area contributed by atoms with Crippen molar-refractivity contribution in [3.63, 3.8) is 0 Å². The average molecular weight is 438 g/mol. The molecule has 0 aliphatic rings. The van der Waals surface area contributed by atoms with Crippen LogP contribution in [0.15, 0.2) is 65.6 Å². The zero-order valence-electron chi connectivity index (χ0n) is 17.5. The smallest absolute Gasteiger partial charge is 0.305 e. The van der Waals surface area contributed by atoms with Gasteiger partial charge in [-0.3, -0.25) is 19.2 Å². The number of benzene rings is 2. The number of halogens is 1. The molecule has 2 aromatic carbocycles. The number of nitrogens with zero attached hydrogens (tertiary/aromatic N) is 1. The summed E-state index contributed by atoms with van der Waals surface area (Å²) in [6.45, 7) is 0.289. The Labute approximate surface area is 183 Å². The molecule has 1 amide bonds. The fourth-order valence-corrected chi connectivity index (χ4v) is 3.60. The van der Waals surface area contributed by atoms with Crippen molar-refractivity contribution in [2.75, 3.05) is 6.67 Å². The van der Waals surface area contributed by atoms with E-state index in [1.54, 1.807) is 19.1 Å². The van der Waals surface area contributed by atoms with E-state index in [0.717, 1.165) is 11.1 Å². The van der Waals surface area contributed by atoms with E-state index in [4.69, 9.17) is 5.11 Å². The molecule has 0 bridgehead atoms. The molecule has 2 N–H and O–H groups in total. The van der Waals surface area contributed by atoms with Crippen molar-refractivity contribution in [2.45, 2.75) is 31.8 Å². The molecule has 2 atom stereocenters. The monoisotopic (exact) mass is 438 g/mol. The standard InChI is InChI=1S/C24H23FN2O5/c1-2-20(23(31)26-19(13-22(29)30)21(28)14-25)27-11-10-16-8-9-17(12-18(16)24(27)32)15-6-4-3-5-7-15/h3-12,19-20H,2,13-14H2,1H3,(H,26,31)(H,29,30). The number of carboxylic acid groups (broad SMARTS) is 1. The van der Waals surface area contributed by atoms with Gasteiger partial charge in [0.2, 0.25) is 5.91 Å². The number of nitrogens with one attached hydrogen (secondary N) is 1. The number of hydrogen-bond acceptors (Lipinski definition) is 4. The molecule has 0 saturated heterocycles. The van der Waals surface area contributed by atoms with Gasteiger partial charge in [0.15, 0.2) is 5.78 Å². The molecule has 32 heavy (non-hydrogen) atoms. The quantitative estimate of drug-likeness (QED) is 0.534. The van der Waals surface area contributed by atoms with Crippen LogP contribution in [0.2, 0.25) is 0 Å². The summed E-state index contributed by atoms with van der Waals surface area (Å²) in [6, 6.07) is 14.3. The van der Waals surface area contributed by atoms with Crippen molar-refractivity contribution in [1.82, 2.24) is 9.88 Å². The van der Waals surface area contributed by atoms with Crippen LogP contribution in [0.1, 0.15) is 25.8 Å². The van der Waals surface area contributed by atoms with Crippen molar-refractivity contribution in [2.24, 2.45) is 0 Å². The second-order valence-electron chi connectivity index (χ2n) is 7.38. The molecule has 8 heteroatoms. The van der Waals surface area contributed by atoms with Gasteiger partial charge in [0.05, 0.1) is 6.42 Å². The molecule has 0 spiro atoms. The minimum Gasteiger partial charge on any atom is -0.481 e. The van der Waals surface area contributed by atoms with Crippen LogP contribution in [0.3, 0.4) is 0 Å². The number of rotatable bonds is 9. The van der Waals surface area contributed by atoms with Gasteiger partial charge >= 0.3 is 5.97 Å². The number of ketones is 1. The van der Waals surface area contributed by atoms with Gasteiger partial charge in [0, 0.05) is 11.6 Å². The summed E-state index contributed by atoms with van der Waals surface area (Å²) in [5.41, 5.74) is 1.39. The lowest BCUT2D eigenvalue weighted by molar-refractivity contribution is -0.140. The summed E-state index contributed by atoms with van der Waals surface area (Å²) in [5, 5.41) is 12.4. The van der Waals surface area contributed by atoms with E-state index in [9.17, 15) is 23.6 Å². The normalized spacial score (nSPS) is 12.8. The lowest BCUT2D eigenvalue weighted by Gasteiger charge is -2.21. The van der Waals surface area contributed by atoms with Gasteiger partial charge in [0.25, 0.3) is 5.56 Å². The average Bonchev–Trinajstić information content (AvgIpc) is 2.80. The maximum atomic E-state index is 13.2. The molecule has 7 nitrogen and oxygen atoms in total. The van der Waals surface area contributed by atoms with Crippen LogP contribution >= 0.6 is 0 Å². The Morgan fingerprint density at radius 3 is 2.41 bits per heavy atom. The highest BCUT2D eigenvalue weighted by atomic mass is 19.1. The van der Waals surface area contributed by atoms with E-state index in [2.05, 4.69) is 5.32 Å². The van der Waals surface area contributed by atoms with E-state index in [1.165, 1.54) is 10.8 Å². The maximum Gasteiger partial charge on any atom is 0.305 e. The molecular formula is C24H23FN2O5. The Balaban J connectivity index is 1.97. The van der Waals surface area contributed by atoms with Crippen molar-refractivity contribution in [1.29, 1.82) is 0 Å². The third kappa shape index (κ3) is 4.91. The Kier molecular flexibility index (Phi) is 7.14. The zero-order chi connectivity index (χ0) is 23.3. The van der Waals surface area contributed by atoms with Crippen LogP contribution in [0.25, 0.3) is 21.9 Å². The second kappa shape index (κ2) is 10.00. The number of Topliss-reactive ketones (excluding diaryl/α,β-unsaturated/α-hetero) is 1. The van der Waals surface area contributed by atoms with E-state index in [0.29, 0.717) is 10.8 Å². The molecule has 0 radical (unpaired) electrons. The number of alkyl halides is 1. The SMILES string of the molecule is CCC(C(=O)NC(CC(=O)O)C(=O)CF)n1ccc2ccc(-c3ccccc3)cc2c1=O. The molecule has 1 aromatic heterocycles. The molecule has 0 aliphatic carbocycles. The third-order valence-electron chi connectivity index (χ3n) is 5.28. The number of hydrogen-bond donors (Lipinski definition) is 2. The van der Waals surface area contributed by atoms with Crippen LogP contribution in [0, 0.1) is 0 Å². The number of aromatic nitrogens is 1. The number of amides is 1. The second-order valence-corrected chi connectivity index (χ2v) is 7.38.